The van der Waals surface area contributed by atoms with Gasteiger partial charge in [-0.2, -0.15) is 0 Å². The molecule has 0 aromatic heterocycles. The minimum absolute atomic E-state index is 0.0310. The molecule has 0 aliphatic rings. The lowest BCUT2D eigenvalue weighted by Crippen LogP contribution is -2.16. The molecule has 0 radical (unpaired) electrons. The molecule has 0 amide bonds. The van der Waals surface area contributed by atoms with Crippen LogP contribution in [0.4, 0.5) is 4.39 Å². The third-order valence-corrected chi connectivity index (χ3v) is 3.14. The second-order valence-corrected chi connectivity index (χ2v) is 6.03. The van der Waals surface area contributed by atoms with Crippen molar-refractivity contribution in [3.63, 3.8) is 0 Å². The van der Waals surface area contributed by atoms with Gasteiger partial charge < -0.3 is 9.47 Å². The maximum atomic E-state index is 12.1. The number of aryl methyl sites for hydroxylation is 1. The van der Waals surface area contributed by atoms with E-state index in [1.54, 1.807) is 19.1 Å². The van der Waals surface area contributed by atoms with E-state index in [4.69, 9.17) is 9.47 Å². The first-order valence-corrected chi connectivity index (χ1v) is 8.34. The van der Waals surface area contributed by atoms with E-state index in [0.29, 0.717) is 18.9 Å². The highest BCUT2D eigenvalue weighted by Gasteiger charge is 2.06. The predicted octanol–water partition coefficient (Wildman–Crippen LogP) is 4.92. The third-order valence-electron chi connectivity index (χ3n) is 3.14. The van der Waals surface area contributed by atoms with Crippen molar-refractivity contribution in [2.75, 3.05) is 13.2 Å². The Morgan fingerprint density at radius 1 is 1.09 bits per heavy atom. The Kier molecular flexibility index (Phi) is 12.3. The number of benzene rings is 1. The van der Waals surface area contributed by atoms with E-state index < -0.39 is 0 Å². The Bertz CT molecular complexity index is 394. The van der Waals surface area contributed by atoms with Crippen molar-refractivity contribution in [3.8, 4) is 0 Å². The van der Waals surface area contributed by atoms with Gasteiger partial charge in [0.15, 0.2) is 0 Å². The van der Waals surface area contributed by atoms with E-state index in [1.165, 1.54) is 12.1 Å². The average molecular weight is 326 g/mol. The number of carbonyl (C=O) groups is 1. The summed E-state index contributed by atoms with van der Waals surface area (Å²) in [5.41, 5.74) is 1.09. The second kappa shape index (κ2) is 13.1. The second-order valence-electron chi connectivity index (χ2n) is 6.03. The van der Waals surface area contributed by atoms with Crippen LogP contribution in [0.3, 0.4) is 0 Å². The van der Waals surface area contributed by atoms with Gasteiger partial charge >= 0.3 is 5.97 Å². The van der Waals surface area contributed by atoms with E-state index >= 15 is 0 Å². The molecule has 1 unspecified atom stereocenters. The minimum atomic E-state index is -0.171. The number of halogens is 1. The van der Waals surface area contributed by atoms with Crippen molar-refractivity contribution in [2.45, 2.75) is 60.0 Å². The van der Waals surface area contributed by atoms with Crippen LogP contribution in [-0.4, -0.2) is 25.3 Å². The van der Waals surface area contributed by atoms with E-state index in [0.717, 1.165) is 25.0 Å². The van der Waals surface area contributed by atoms with Crippen molar-refractivity contribution >= 4 is 5.97 Å². The molecule has 1 atom stereocenters. The largest absolute Gasteiger partial charge is 0.463 e. The first-order chi connectivity index (χ1) is 10.8. The molecule has 0 aliphatic heterocycles. The van der Waals surface area contributed by atoms with Gasteiger partial charge in [-0.05, 0) is 38.3 Å². The van der Waals surface area contributed by atoms with Crippen LogP contribution in [0.15, 0.2) is 24.3 Å². The molecule has 1 rings (SSSR count). The molecule has 132 valence electrons. The van der Waals surface area contributed by atoms with E-state index in [9.17, 15) is 9.18 Å². The Hall–Kier alpha value is -1.42. The summed E-state index contributed by atoms with van der Waals surface area (Å²) < 4.78 is 22.6. The fraction of sp³-hybridized carbons (Fsp3) is 0.632. The SMILES string of the molecule is CCC(=O)OC(C)CCOCCC(C)C.Cc1ccc(F)cc1. The zero-order valence-corrected chi connectivity index (χ0v) is 15.1. The van der Waals surface area contributed by atoms with Gasteiger partial charge in [-0.1, -0.05) is 38.5 Å². The molecule has 23 heavy (non-hydrogen) atoms. The van der Waals surface area contributed by atoms with E-state index in [-0.39, 0.29) is 17.9 Å². The Morgan fingerprint density at radius 3 is 2.13 bits per heavy atom. The van der Waals surface area contributed by atoms with Gasteiger partial charge in [-0.15, -0.1) is 0 Å². The summed E-state index contributed by atoms with van der Waals surface area (Å²) in [7, 11) is 0. The summed E-state index contributed by atoms with van der Waals surface area (Å²) in [5, 5.41) is 0. The van der Waals surface area contributed by atoms with Gasteiger partial charge in [0.2, 0.25) is 0 Å². The highest BCUT2D eigenvalue weighted by atomic mass is 19.1. The maximum absolute atomic E-state index is 12.1. The summed E-state index contributed by atoms with van der Waals surface area (Å²) in [6.07, 6.45) is 2.28. The topological polar surface area (TPSA) is 35.5 Å². The molecule has 0 bridgehead atoms. The number of ether oxygens (including phenoxy) is 2. The smallest absolute Gasteiger partial charge is 0.305 e. The molecular formula is C19H31FO3. The van der Waals surface area contributed by atoms with Gasteiger partial charge in [0.1, 0.15) is 11.9 Å². The Labute approximate surface area is 140 Å². The minimum Gasteiger partial charge on any atom is -0.463 e. The summed E-state index contributed by atoms with van der Waals surface area (Å²) in [6, 6.07) is 6.40. The summed E-state index contributed by atoms with van der Waals surface area (Å²) in [5.74, 6) is 0.376. The highest BCUT2D eigenvalue weighted by Crippen LogP contribution is 2.03. The van der Waals surface area contributed by atoms with Crippen molar-refractivity contribution in [3.05, 3.63) is 35.6 Å². The van der Waals surface area contributed by atoms with Crippen LogP contribution < -0.4 is 0 Å². The van der Waals surface area contributed by atoms with E-state index in [2.05, 4.69) is 13.8 Å². The quantitative estimate of drug-likeness (QED) is 0.503. The molecule has 0 spiro atoms. The first kappa shape index (κ1) is 21.6. The molecule has 1 aromatic carbocycles. The fourth-order valence-electron chi connectivity index (χ4n) is 1.57. The number of hydrogen-bond donors (Lipinski definition) is 0. The zero-order valence-electron chi connectivity index (χ0n) is 15.1. The third kappa shape index (κ3) is 13.9. The monoisotopic (exact) mass is 326 g/mol. The van der Waals surface area contributed by atoms with Crippen LogP contribution in [0.5, 0.6) is 0 Å². The molecule has 4 heteroatoms. The molecule has 0 saturated carbocycles. The average Bonchev–Trinajstić information content (AvgIpc) is 2.50. The van der Waals surface area contributed by atoms with Crippen LogP contribution >= 0.6 is 0 Å². The molecular weight excluding hydrogens is 295 g/mol. The fourth-order valence-corrected chi connectivity index (χ4v) is 1.57. The lowest BCUT2D eigenvalue weighted by atomic mass is 10.1. The summed E-state index contributed by atoms with van der Waals surface area (Å²) >= 11 is 0. The van der Waals surface area contributed by atoms with Crippen LogP contribution in [0.25, 0.3) is 0 Å². The van der Waals surface area contributed by atoms with Gasteiger partial charge in [-0.3, -0.25) is 4.79 Å². The Morgan fingerprint density at radius 2 is 1.65 bits per heavy atom. The molecule has 0 aliphatic carbocycles. The van der Waals surface area contributed by atoms with Crippen molar-refractivity contribution in [2.24, 2.45) is 5.92 Å². The van der Waals surface area contributed by atoms with Crippen LogP contribution in [0, 0.1) is 18.7 Å². The molecule has 1 aromatic rings. The Balaban J connectivity index is 0.000000502. The number of rotatable bonds is 8. The van der Waals surface area contributed by atoms with Crippen LogP contribution in [0.2, 0.25) is 0 Å². The summed E-state index contributed by atoms with van der Waals surface area (Å²) in [4.78, 5) is 10.9. The highest BCUT2D eigenvalue weighted by molar-refractivity contribution is 5.69. The van der Waals surface area contributed by atoms with Crippen LogP contribution in [-0.2, 0) is 14.3 Å². The van der Waals surface area contributed by atoms with Crippen molar-refractivity contribution in [1.29, 1.82) is 0 Å². The number of hydrogen-bond acceptors (Lipinski definition) is 3. The molecule has 3 nitrogen and oxygen atoms in total. The number of esters is 1. The summed E-state index contributed by atoms with van der Waals surface area (Å²) in [6.45, 7) is 11.5. The van der Waals surface area contributed by atoms with E-state index in [1.807, 2.05) is 13.8 Å². The van der Waals surface area contributed by atoms with Crippen LogP contribution in [0.1, 0.15) is 52.5 Å². The molecule has 0 fully saturated rings. The van der Waals surface area contributed by atoms with Crippen molar-refractivity contribution in [1.82, 2.24) is 0 Å². The van der Waals surface area contributed by atoms with Gasteiger partial charge in [0.05, 0.1) is 6.61 Å². The lowest BCUT2D eigenvalue weighted by Gasteiger charge is -2.13. The standard InChI is InChI=1S/C12H24O3.C7H7F/c1-5-12(13)15-11(4)7-9-14-8-6-10(2)3;1-6-2-4-7(8)5-3-6/h10-11H,5-9H2,1-4H3;2-5H,1H3. The number of carbonyl (C=O) groups excluding carboxylic acids is 1. The zero-order chi connectivity index (χ0) is 17.7. The van der Waals surface area contributed by atoms with Gasteiger partial charge in [0.25, 0.3) is 0 Å². The van der Waals surface area contributed by atoms with Gasteiger partial charge in [-0.25, -0.2) is 4.39 Å². The molecule has 0 saturated heterocycles. The predicted molar refractivity (Wildman–Crippen MR) is 91.9 cm³/mol. The first-order valence-electron chi connectivity index (χ1n) is 8.34. The molecule has 0 N–H and O–H groups in total. The molecule has 0 heterocycles. The maximum Gasteiger partial charge on any atom is 0.305 e. The van der Waals surface area contributed by atoms with Gasteiger partial charge in [0, 0.05) is 19.4 Å². The lowest BCUT2D eigenvalue weighted by molar-refractivity contribution is -0.148. The van der Waals surface area contributed by atoms with Crippen molar-refractivity contribution < 1.29 is 18.7 Å². The normalized spacial score (nSPS) is 11.6.